The Morgan fingerprint density at radius 3 is 2.93 bits per heavy atom. The van der Waals surface area contributed by atoms with Gasteiger partial charge in [0.2, 0.25) is 0 Å². The van der Waals surface area contributed by atoms with Crippen molar-refractivity contribution in [3.63, 3.8) is 0 Å². The number of halogens is 2. The Bertz CT molecular complexity index is 359. The molecule has 82 valence electrons. The van der Waals surface area contributed by atoms with Gasteiger partial charge >= 0.3 is 0 Å². The Kier molecular flexibility index (Phi) is 3.42. The lowest BCUT2D eigenvalue weighted by atomic mass is 9.90. The molecule has 0 radical (unpaired) electrons. The summed E-state index contributed by atoms with van der Waals surface area (Å²) < 4.78 is 14.9. The predicted octanol–water partition coefficient (Wildman–Crippen LogP) is 3.36. The quantitative estimate of drug-likeness (QED) is 0.826. The van der Waals surface area contributed by atoms with Crippen LogP contribution >= 0.6 is 15.9 Å². The summed E-state index contributed by atoms with van der Waals surface area (Å²) in [7, 11) is 0. The maximum Gasteiger partial charge on any atom is 0.130 e. The van der Waals surface area contributed by atoms with Gasteiger partial charge in [0.25, 0.3) is 0 Å². The first kappa shape index (κ1) is 11.1. The first-order chi connectivity index (χ1) is 7.20. The molecule has 1 atom stereocenters. The SMILES string of the molecule is Cc1ccc(Br)c(C2CCCNC2)c1F. The highest BCUT2D eigenvalue weighted by Crippen LogP contribution is 2.33. The van der Waals surface area contributed by atoms with Crippen LogP contribution in [-0.4, -0.2) is 13.1 Å². The van der Waals surface area contributed by atoms with Crippen molar-refractivity contribution in [2.45, 2.75) is 25.7 Å². The second-order valence-electron chi connectivity index (χ2n) is 4.14. The van der Waals surface area contributed by atoms with Crippen molar-refractivity contribution in [1.82, 2.24) is 5.32 Å². The smallest absolute Gasteiger partial charge is 0.130 e. The van der Waals surface area contributed by atoms with E-state index >= 15 is 0 Å². The fraction of sp³-hybridized carbons (Fsp3) is 0.500. The summed E-state index contributed by atoms with van der Waals surface area (Å²) in [6, 6.07) is 3.77. The topological polar surface area (TPSA) is 12.0 Å². The van der Waals surface area contributed by atoms with E-state index in [9.17, 15) is 4.39 Å². The van der Waals surface area contributed by atoms with Crippen molar-refractivity contribution in [2.24, 2.45) is 0 Å². The zero-order valence-corrected chi connectivity index (χ0v) is 10.4. The lowest BCUT2D eigenvalue weighted by Gasteiger charge is -2.25. The fourth-order valence-electron chi connectivity index (χ4n) is 2.15. The third-order valence-electron chi connectivity index (χ3n) is 3.02. The minimum absolute atomic E-state index is 0.0434. The van der Waals surface area contributed by atoms with Crippen LogP contribution < -0.4 is 5.32 Å². The average molecular weight is 272 g/mol. The molecule has 1 aromatic carbocycles. The molecule has 1 heterocycles. The number of aryl methyl sites for hydroxylation is 1. The minimum Gasteiger partial charge on any atom is -0.316 e. The van der Waals surface area contributed by atoms with Crippen LogP contribution in [0.1, 0.15) is 29.9 Å². The zero-order chi connectivity index (χ0) is 10.8. The van der Waals surface area contributed by atoms with Gasteiger partial charge in [0.1, 0.15) is 5.82 Å². The van der Waals surface area contributed by atoms with Crippen molar-refractivity contribution in [3.8, 4) is 0 Å². The molecule has 0 aliphatic carbocycles. The highest BCUT2D eigenvalue weighted by Gasteiger charge is 2.21. The lowest BCUT2D eigenvalue weighted by Crippen LogP contribution is -2.29. The summed E-state index contributed by atoms with van der Waals surface area (Å²) in [6.45, 7) is 3.77. The summed E-state index contributed by atoms with van der Waals surface area (Å²) in [5, 5.41) is 3.32. The lowest BCUT2D eigenvalue weighted by molar-refractivity contribution is 0.444. The average Bonchev–Trinajstić information content (AvgIpc) is 2.26. The van der Waals surface area contributed by atoms with Crippen molar-refractivity contribution in [2.75, 3.05) is 13.1 Å². The van der Waals surface area contributed by atoms with Gasteiger partial charge in [0.05, 0.1) is 0 Å². The van der Waals surface area contributed by atoms with Gasteiger partial charge in [-0.15, -0.1) is 0 Å². The van der Waals surface area contributed by atoms with Gasteiger partial charge in [0, 0.05) is 22.5 Å². The third-order valence-corrected chi connectivity index (χ3v) is 3.72. The molecule has 0 spiro atoms. The van der Waals surface area contributed by atoms with Crippen LogP contribution in [0.3, 0.4) is 0 Å². The van der Waals surface area contributed by atoms with Crippen LogP contribution in [-0.2, 0) is 0 Å². The van der Waals surface area contributed by atoms with Crippen LogP contribution in [0.15, 0.2) is 16.6 Å². The molecule has 1 unspecified atom stereocenters. The van der Waals surface area contributed by atoms with E-state index in [0.29, 0.717) is 5.92 Å². The highest BCUT2D eigenvalue weighted by atomic mass is 79.9. The zero-order valence-electron chi connectivity index (χ0n) is 8.82. The van der Waals surface area contributed by atoms with Crippen LogP contribution in [0.5, 0.6) is 0 Å². The standard InChI is InChI=1S/C12H15BrFN/c1-8-4-5-10(13)11(12(8)14)9-3-2-6-15-7-9/h4-5,9,15H,2-3,6-7H2,1H3. The second-order valence-corrected chi connectivity index (χ2v) is 4.99. The van der Waals surface area contributed by atoms with Gasteiger partial charge in [0.15, 0.2) is 0 Å². The van der Waals surface area contributed by atoms with E-state index in [-0.39, 0.29) is 5.82 Å². The van der Waals surface area contributed by atoms with Crippen LogP contribution in [0.2, 0.25) is 0 Å². The Morgan fingerprint density at radius 2 is 2.27 bits per heavy atom. The molecule has 0 aromatic heterocycles. The molecule has 0 amide bonds. The number of hydrogen-bond donors (Lipinski definition) is 1. The van der Waals surface area contributed by atoms with Gasteiger partial charge in [-0.1, -0.05) is 22.0 Å². The molecular formula is C12H15BrFN. The molecule has 1 aliphatic rings. The Hall–Kier alpha value is -0.410. The molecule has 0 saturated carbocycles. The fourth-order valence-corrected chi connectivity index (χ4v) is 2.78. The molecule has 1 nitrogen and oxygen atoms in total. The second kappa shape index (κ2) is 4.62. The van der Waals surface area contributed by atoms with Crippen LogP contribution in [0, 0.1) is 12.7 Å². The largest absolute Gasteiger partial charge is 0.316 e. The van der Waals surface area contributed by atoms with E-state index in [0.717, 1.165) is 41.5 Å². The number of hydrogen-bond acceptors (Lipinski definition) is 1. The maximum atomic E-state index is 14.0. The number of rotatable bonds is 1. The van der Waals surface area contributed by atoms with Crippen molar-refractivity contribution in [3.05, 3.63) is 33.5 Å². The number of benzene rings is 1. The Morgan fingerprint density at radius 1 is 1.47 bits per heavy atom. The predicted molar refractivity (Wildman–Crippen MR) is 63.7 cm³/mol. The molecule has 1 aliphatic heterocycles. The van der Waals surface area contributed by atoms with Gasteiger partial charge in [-0.05, 0) is 37.9 Å². The van der Waals surface area contributed by atoms with E-state index in [4.69, 9.17) is 0 Å². The van der Waals surface area contributed by atoms with E-state index in [1.807, 2.05) is 19.1 Å². The van der Waals surface area contributed by atoms with Gasteiger partial charge in [-0.3, -0.25) is 0 Å². The summed E-state index contributed by atoms with van der Waals surface area (Å²) in [5.41, 5.74) is 1.58. The molecule has 1 N–H and O–H groups in total. The first-order valence-corrected chi connectivity index (χ1v) is 6.14. The van der Waals surface area contributed by atoms with E-state index in [2.05, 4.69) is 21.2 Å². The summed E-state index contributed by atoms with van der Waals surface area (Å²) in [4.78, 5) is 0. The Labute approximate surface area is 98.2 Å². The van der Waals surface area contributed by atoms with Crippen molar-refractivity contribution >= 4 is 15.9 Å². The molecule has 3 heteroatoms. The molecule has 15 heavy (non-hydrogen) atoms. The number of nitrogens with one attached hydrogen (secondary N) is 1. The summed E-state index contributed by atoms with van der Waals surface area (Å²) >= 11 is 3.45. The monoisotopic (exact) mass is 271 g/mol. The molecule has 2 rings (SSSR count). The summed E-state index contributed by atoms with van der Waals surface area (Å²) in [6.07, 6.45) is 2.20. The molecule has 1 aromatic rings. The van der Waals surface area contributed by atoms with Gasteiger partial charge in [-0.2, -0.15) is 0 Å². The van der Waals surface area contributed by atoms with Crippen molar-refractivity contribution in [1.29, 1.82) is 0 Å². The van der Waals surface area contributed by atoms with E-state index < -0.39 is 0 Å². The van der Waals surface area contributed by atoms with Crippen LogP contribution in [0.4, 0.5) is 4.39 Å². The van der Waals surface area contributed by atoms with E-state index in [1.165, 1.54) is 0 Å². The van der Waals surface area contributed by atoms with E-state index in [1.54, 1.807) is 0 Å². The normalized spacial score (nSPS) is 21.7. The molecule has 1 fully saturated rings. The van der Waals surface area contributed by atoms with Gasteiger partial charge < -0.3 is 5.32 Å². The summed E-state index contributed by atoms with van der Waals surface area (Å²) in [5.74, 6) is 0.270. The first-order valence-electron chi connectivity index (χ1n) is 5.35. The maximum absolute atomic E-state index is 14.0. The van der Waals surface area contributed by atoms with Crippen molar-refractivity contribution < 1.29 is 4.39 Å². The minimum atomic E-state index is -0.0434. The van der Waals surface area contributed by atoms with Crippen LogP contribution in [0.25, 0.3) is 0 Å². The molecule has 0 bridgehead atoms. The Balaban J connectivity index is 2.36. The third kappa shape index (κ3) is 2.23. The highest BCUT2D eigenvalue weighted by molar-refractivity contribution is 9.10. The molecule has 1 saturated heterocycles. The molecular weight excluding hydrogens is 257 g/mol. The number of piperidine rings is 1. The van der Waals surface area contributed by atoms with Gasteiger partial charge in [-0.25, -0.2) is 4.39 Å².